The monoisotopic (exact) mass is 391 g/mol. The quantitative estimate of drug-likeness (QED) is 0.506. The summed E-state index contributed by atoms with van der Waals surface area (Å²) in [5.41, 5.74) is 2.18. The smallest absolute Gasteiger partial charge is 0.230 e. The number of carbonyl (C=O) groups excluding carboxylic acids is 1. The van der Waals surface area contributed by atoms with Crippen LogP contribution < -0.4 is 5.32 Å². The molecule has 0 saturated carbocycles. The largest absolute Gasteiger partial charge is 0.351 e. The predicted molar refractivity (Wildman–Crippen MR) is 106 cm³/mol. The SMILES string of the molecule is Cc1nc(SCC(=O)NCc2cccc(Cl)c2)c2c(C)c(C)sc2n1. The molecule has 0 aliphatic heterocycles. The summed E-state index contributed by atoms with van der Waals surface area (Å²) in [5.74, 6) is 1.02. The van der Waals surface area contributed by atoms with Gasteiger partial charge in [-0.2, -0.15) is 0 Å². The average molecular weight is 392 g/mol. The fourth-order valence-corrected chi connectivity index (χ4v) is 4.76. The van der Waals surface area contributed by atoms with Crippen LogP contribution in [0.5, 0.6) is 0 Å². The number of amides is 1. The summed E-state index contributed by atoms with van der Waals surface area (Å²) < 4.78 is 0. The molecule has 0 aliphatic carbocycles. The highest BCUT2D eigenvalue weighted by molar-refractivity contribution is 8.00. The van der Waals surface area contributed by atoms with E-state index in [0.29, 0.717) is 17.3 Å². The van der Waals surface area contributed by atoms with Crippen molar-refractivity contribution in [2.45, 2.75) is 32.3 Å². The van der Waals surface area contributed by atoms with Gasteiger partial charge in [-0.1, -0.05) is 35.5 Å². The molecule has 0 atom stereocenters. The van der Waals surface area contributed by atoms with Crippen molar-refractivity contribution in [3.05, 3.63) is 51.1 Å². The van der Waals surface area contributed by atoms with Crippen LogP contribution in [0, 0.1) is 20.8 Å². The van der Waals surface area contributed by atoms with E-state index in [1.807, 2.05) is 31.2 Å². The van der Waals surface area contributed by atoms with Gasteiger partial charge in [0, 0.05) is 21.8 Å². The molecule has 0 fully saturated rings. The molecule has 3 rings (SSSR count). The third-order valence-corrected chi connectivity index (χ3v) is 6.14. The lowest BCUT2D eigenvalue weighted by Gasteiger charge is -2.07. The number of aromatic nitrogens is 2. The number of aryl methyl sites for hydroxylation is 3. The highest BCUT2D eigenvalue weighted by Crippen LogP contribution is 2.34. The van der Waals surface area contributed by atoms with E-state index in [1.165, 1.54) is 22.2 Å². The Morgan fingerprint density at radius 1 is 1.28 bits per heavy atom. The van der Waals surface area contributed by atoms with Crippen molar-refractivity contribution in [3.63, 3.8) is 0 Å². The van der Waals surface area contributed by atoms with E-state index in [1.54, 1.807) is 11.3 Å². The van der Waals surface area contributed by atoms with E-state index in [0.717, 1.165) is 26.6 Å². The van der Waals surface area contributed by atoms with Crippen molar-refractivity contribution >= 4 is 50.8 Å². The number of fused-ring (bicyclic) bond motifs is 1. The van der Waals surface area contributed by atoms with Crippen LogP contribution in [0.2, 0.25) is 5.02 Å². The van der Waals surface area contributed by atoms with Crippen molar-refractivity contribution in [2.24, 2.45) is 0 Å². The lowest BCUT2D eigenvalue weighted by atomic mass is 10.2. The molecule has 0 spiro atoms. The van der Waals surface area contributed by atoms with Crippen molar-refractivity contribution in [3.8, 4) is 0 Å². The van der Waals surface area contributed by atoms with Crippen molar-refractivity contribution < 1.29 is 4.79 Å². The fourth-order valence-electron chi connectivity index (χ4n) is 2.45. The van der Waals surface area contributed by atoms with Crippen LogP contribution in [0.1, 0.15) is 21.8 Å². The Morgan fingerprint density at radius 3 is 2.84 bits per heavy atom. The Bertz CT molecular complexity index is 939. The first-order chi connectivity index (χ1) is 11.9. The van der Waals surface area contributed by atoms with Gasteiger partial charge in [0.05, 0.1) is 5.75 Å². The average Bonchev–Trinajstić information content (AvgIpc) is 2.85. The maximum atomic E-state index is 12.2. The summed E-state index contributed by atoms with van der Waals surface area (Å²) in [7, 11) is 0. The van der Waals surface area contributed by atoms with Crippen molar-refractivity contribution in [1.82, 2.24) is 15.3 Å². The maximum absolute atomic E-state index is 12.2. The summed E-state index contributed by atoms with van der Waals surface area (Å²) in [5, 5.41) is 5.54. The second-order valence-electron chi connectivity index (χ2n) is 5.73. The topological polar surface area (TPSA) is 54.9 Å². The van der Waals surface area contributed by atoms with Crippen molar-refractivity contribution in [2.75, 3.05) is 5.75 Å². The number of nitrogens with one attached hydrogen (secondary N) is 1. The zero-order valence-electron chi connectivity index (χ0n) is 14.2. The first-order valence-corrected chi connectivity index (χ1v) is 10.0. The van der Waals surface area contributed by atoms with Gasteiger partial charge < -0.3 is 5.32 Å². The van der Waals surface area contributed by atoms with Gasteiger partial charge in [0.25, 0.3) is 0 Å². The maximum Gasteiger partial charge on any atom is 0.230 e. The van der Waals surface area contributed by atoms with E-state index in [9.17, 15) is 4.79 Å². The van der Waals surface area contributed by atoms with E-state index < -0.39 is 0 Å². The molecule has 25 heavy (non-hydrogen) atoms. The molecule has 4 nitrogen and oxygen atoms in total. The van der Waals surface area contributed by atoms with E-state index in [-0.39, 0.29) is 5.91 Å². The number of hydrogen-bond donors (Lipinski definition) is 1. The number of nitrogens with zero attached hydrogens (tertiary/aromatic N) is 2. The Hall–Kier alpha value is -1.63. The van der Waals surface area contributed by atoms with Crippen LogP contribution in [-0.4, -0.2) is 21.6 Å². The number of hydrogen-bond acceptors (Lipinski definition) is 5. The highest BCUT2D eigenvalue weighted by atomic mass is 35.5. The molecule has 7 heteroatoms. The van der Waals surface area contributed by atoms with Gasteiger partial charge in [-0.3, -0.25) is 4.79 Å². The van der Waals surface area contributed by atoms with Gasteiger partial charge >= 0.3 is 0 Å². The summed E-state index contributed by atoms with van der Waals surface area (Å²) in [6, 6.07) is 7.48. The van der Waals surface area contributed by atoms with Gasteiger partial charge in [-0.15, -0.1) is 11.3 Å². The molecule has 0 unspecified atom stereocenters. The molecule has 1 amide bonds. The number of thiophene rings is 1. The van der Waals surface area contributed by atoms with Crippen LogP contribution in [0.15, 0.2) is 29.3 Å². The van der Waals surface area contributed by atoms with Gasteiger partial charge in [0.1, 0.15) is 15.7 Å². The molecule has 1 N–H and O–H groups in total. The van der Waals surface area contributed by atoms with Crippen LogP contribution >= 0.6 is 34.7 Å². The summed E-state index contributed by atoms with van der Waals surface area (Å²) in [4.78, 5) is 23.5. The molecule has 130 valence electrons. The van der Waals surface area contributed by atoms with Crippen LogP contribution in [0.3, 0.4) is 0 Å². The van der Waals surface area contributed by atoms with Gasteiger partial charge in [-0.05, 0) is 44.0 Å². The van der Waals surface area contributed by atoms with E-state index >= 15 is 0 Å². The Kier molecular flexibility index (Phi) is 5.61. The van der Waals surface area contributed by atoms with Crippen LogP contribution in [0.25, 0.3) is 10.2 Å². The number of rotatable bonds is 5. The summed E-state index contributed by atoms with van der Waals surface area (Å²) >= 11 is 9.09. The standard InChI is InChI=1S/C18H18ClN3OS2/c1-10-11(2)25-18-16(10)17(21-12(3)22-18)24-9-15(23)20-8-13-5-4-6-14(19)7-13/h4-7H,8-9H2,1-3H3,(H,20,23). The molecule has 1 aromatic carbocycles. The molecular weight excluding hydrogens is 374 g/mol. The zero-order valence-corrected chi connectivity index (χ0v) is 16.6. The minimum atomic E-state index is -0.0287. The number of thioether (sulfide) groups is 1. The molecule has 0 bridgehead atoms. The Labute approximate surface area is 160 Å². The van der Waals surface area contributed by atoms with Gasteiger partial charge in [0.2, 0.25) is 5.91 Å². The van der Waals surface area contributed by atoms with Crippen molar-refractivity contribution in [1.29, 1.82) is 0 Å². The third-order valence-electron chi connectivity index (χ3n) is 3.83. The molecule has 0 saturated heterocycles. The van der Waals surface area contributed by atoms with Gasteiger partial charge in [0.15, 0.2) is 0 Å². The third kappa shape index (κ3) is 4.32. The summed E-state index contributed by atoms with van der Waals surface area (Å²) in [6.45, 7) is 6.52. The minimum Gasteiger partial charge on any atom is -0.351 e. The van der Waals surface area contributed by atoms with Crippen LogP contribution in [-0.2, 0) is 11.3 Å². The normalized spacial score (nSPS) is 11.0. The lowest BCUT2D eigenvalue weighted by Crippen LogP contribution is -2.24. The summed E-state index contributed by atoms with van der Waals surface area (Å²) in [6.07, 6.45) is 0. The molecule has 3 aromatic rings. The zero-order chi connectivity index (χ0) is 18.0. The predicted octanol–water partition coefficient (Wildman–Crippen LogP) is 4.68. The Balaban J connectivity index is 1.67. The highest BCUT2D eigenvalue weighted by Gasteiger charge is 2.15. The Morgan fingerprint density at radius 2 is 2.08 bits per heavy atom. The minimum absolute atomic E-state index is 0.0287. The van der Waals surface area contributed by atoms with E-state index in [4.69, 9.17) is 11.6 Å². The van der Waals surface area contributed by atoms with E-state index in [2.05, 4.69) is 29.1 Å². The fraction of sp³-hybridized carbons (Fsp3) is 0.278. The lowest BCUT2D eigenvalue weighted by molar-refractivity contribution is -0.118. The molecule has 2 aromatic heterocycles. The molecule has 0 aliphatic rings. The molecule has 0 radical (unpaired) electrons. The molecule has 2 heterocycles. The molecular formula is C18H18ClN3OS2. The first kappa shape index (κ1) is 18.2. The second kappa shape index (κ2) is 7.72. The number of halogens is 1. The van der Waals surface area contributed by atoms with Gasteiger partial charge in [-0.25, -0.2) is 9.97 Å². The second-order valence-corrected chi connectivity index (χ2v) is 8.34. The number of carbonyl (C=O) groups is 1. The number of benzene rings is 1. The van der Waals surface area contributed by atoms with Crippen LogP contribution in [0.4, 0.5) is 0 Å². The first-order valence-electron chi connectivity index (χ1n) is 7.82.